The van der Waals surface area contributed by atoms with Crippen molar-refractivity contribution in [3.63, 3.8) is 0 Å². The number of nitrogens with one attached hydrogen (secondary N) is 3. The molecule has 2 aromatic heterocycles. The summed E-state index contributed by atoms with van der Waals surface area (Å²) in [6.45, 7) is 0.747. The number of carbonyl (C=O) groups is 1. The van der Waals surface area contributed by atoms with Gasteiger partial charge in [0.2, 0.25) is 0 Å². The summed E-state index contributed by atoms with van der Waals surface area (Å²) < 4.78 is 83.6. The third-order valence-electron chi connectivity index (χ3n) is 6.06. The first-order valence-corrected chi connectivity index (χ1v) is 12.7. The zero-order valence-corrected chi connectivity index (χ0v) is 21.8. The summed E-state index contributed by atoms with van der Waals surface area (Å²) in [6.07, 6.45) is -0.670. The summed E-state index contributed by atoms with van der Waals surface area (Å²) in [4.78, 5) is 13.7. The molecule has 4 rings (SSSR count). The average molecular weight is 568 g/mol. The second kappa shape index (κ2) is 12.0. The molecule has 0 saturated carbocycles. The first-order valence-electron chi connectivity index (χ1n) is 13.4. The van der Waals surface area contributed by atoms with Crippen LogP contribution in [0.2, 0.25) is 0 Å². The van der Waals surface area contributed by atoms with Gasteiger partial charge in [-0.15, -0.1) is 0 Å². The maximum atomic E-state index is 14.7. The number of methoxy groups -OCH3 is 1. The van der Waals surface area contributed by atoms with Gasteiger partial charge in [0.05, 0.1) is 39.8 Å². The number of hydrogen-bond acceptors (Lipinski definition) is 7. The van der Waals surface area contributed by atoms with Crippen molar-refractivity contribution in [1.82, 2.24) is 19.8 Å². The topological polar surface area (TPSA) is 82.9 Å². The number of amides is 1. The van der Waals surface area contributed by atoms with Crippen molar-refractivity contribution in [3.05, 3.63) is 47.7 Å². The van der Waals surface area contributed by atoms with Crippen LogP contribution < -0.4 is 20.7 Å². The lowest BCUT2D eigenvalue weighted by Gasteiger charge is -2.33. The predicted octanol–water partition coefficient (Wildman–Crippen LogP) is 4.23. The van der Waals surface area contributed by atoms with Crippen LogP contribution in [0.1, 0.15) is 26.6 Å². The first-order chi connectivity index (χ1) is 19.7. The van der Waals surface area contributed by atoms with E-state index in [1.54, 1.807) is 12.1 Å². The van der Waals surface area contributed by atoms with Crippen molar-refractivity contribution in [2.24, 2.45) is 0 Å². The molecule has 1 aliphatic rings. The molecule has 0 bridgehead atoms. The van der Waals surface area contributed by atoms with Gasteiger partial charge < -0.3 is 25.6 Å². The van der Waals surface area contributed by atoms with Crippen LogP contribution in [-0.4, -0.2) is 78.9 Å². The number of fused-ring (bicyclic) bond motifs is 1. The largest absolute Gasteiger partial charge is 0.495 e. The van der Waals surface area contributed by atoms with E-state index in [4.69, 9.17) is 8.85 Å². The van der Waals surface area contributed by atoms with E-state index in [1.807, 2.05) is 11.9 Å². The van der Waals surface area contributed by atoms with E-state index < -0.39 is 30.7 Å². The van der Waals surface area contributed by atoms with Gasteiger partial charge in [0, 0.05) is 25.7 Å². The number of nitrogens with zero attached hydrogens (tertiary/aromatic N) is 3. The highest BCUT2D eigenvalue weighted by Crippen LogP contribution is 2.41. The average Bonchev–Trinajstić information content (AvgIpc) is 3.24. The Morgan fingerprint density at radius 2 is 2.15 bits per heavy atom. The molecule has 0 unspecified atom stereocenters. The Labute approximate surface area is 231 Å². The summed E-state index contributed by atoms with van der Waals surface area (Å²) in [5, 5.41) is 12.7. The van der Waals surface area contributed by atoms with Crippen LogP contribution in [0.15, 0.2) is 41.3 Å². The maximum Gasteiger partial charge on any atom is 0.446 e. The Kier molecular flexibility index (Phi) is 7.54. The number of rotatable bonds is 7. The predicted molar refractivity (Wildman–Crippen MR) is 143 cm³/mol. The number of piperidine rings is 1. The summed E-state index contributed by atoms with van der Waals surface area (Å²) in [6, 6.07) is 8.18. The minimum Gasteiger partial charge on any atom is -0.495 e. The van der Waals surface area contributed by atoms with Gasteiger partial charge in [-0.2, -0.15) is 18.3 Å². The second-order valence-corrected chi connectivity index (χ2v) is 9.87. The number of anilines is 2. The van der Waals surface area contributed by atoms with Crippen molar-refractivity contribution >= 4 is 34.7 Å². The number of alkyl halides is 4. The number of carbonyl (C=O) groups excluding carboxylic acids is 1. The fourth-order valence-corrected chi connectivity index (χ4v) is 4.85. The lowest BCUT2D eigenvalue weighted by atomic mass is 10.0. The van der Waals surface area contributed by atoms with E-state index >= 15 is 0 Å². The fraction of sp³-hybridized carbons (Fsp3) is 0.385. The monoisotopic (exact) mass is 567 g/mol. The van der Waals surface area contributed by atoms with Gasteiger partial charge in [0.25, 0.3) is 5.91 Å². The molecular weight excluding hydrogens is 536 g/mol. The molecule has 13 heteroatoms. The summed E-state index contributed by atoms with van der Waals surface area (Å²) >= 11 is -0.352. The zero-order valence-electron chi connectivity index (χ0n) is 24.0. The van der Waals surface area contributed by atoms with Gasteiger partial charge in [-0.05, 0) is 61.5 Å². The highest BCUT2D eigenvalue weighted by Gasteiger charge is 2.33. The number of aromatic nitrogens is 2. The quantitative estimate of drug-likeness (QED) is 0.224. The Morgan fingerprint density at radius 1 is 1.33 bits per heavy atom. The third-order valence-corrected chi connectivity index (χ3v) is 6.90. The summed E-state index contributed by atoms with van der Waals surface area (Å²) in [5.41, 5.74) is -4.26. The van der Waals surface area contributed by atoms with E-state index in [0.29, 0.717) is 18.8 Å². The maximum absolute atomic E-state index is 14.7. The van der Waals surface area contributed by atoms with Gasteiger partial charge in [-0.25, -0.2) is 8.91 Å². The van der Waals surface area contributed by atoms with Gasteiger partial charge in [0.1, 0.15) is 23.4 Å². The molecule has 0 spiro atoms. The van der Waals surface area contributed by atoms with Crippen LogP contribution >= 0.6 is 11.8 Å². The van der Waals surface area contributed by atoms with Crippen LogP contribution in [0.5, 0.6) is 5.75 Å². The molecule has 8 nitrogen and oxygen atoms in total. The molecule has 3 heterocycles. The molecular formula is C26H28F4N6O2S. The van der Waals surface area contributed by atoms with E-state index in [2.05, 4.69) is 32.9 Å². The van der Waals surface area contributed by atoms with Gasteiger partial charge >= 0.3 is 5.51 Å². The van der Waals surface area contributed by atoms with E-state index in [-0.39, 0.29) is 58.0 Å². The van der Waals surface area contributed by atoms with Crippen LogP contribution in [0.4, 0.5) is 29.1 Å². The molecule has 1 saturated heterocycles. The molecule has 3 N–H and O–H groups in total. The molecule has 3 aromatic rings. The molecule has 1 fully saturated rings. The van der Waals surface area contributed by atoms with Gasteiger partial charge in [0.15, 0.2) is 0 Å². The number of hydrogen-bond donors (Lipinski definition) is 3. The number of thioether (sulfide) groups is 1. The number of likely N-dealkylation sites (tertiary alicyclic amines) is 1. The van der Waals surface area contributed by atoms with E-state index in [1.165, 1.54) is 35.8 Å². The first kappa shape index (κ1) is 24.4. The number of benzene rings is 1. The summed E-state index contributed by atoms with van der Waals surface area (Å²) in [7, 11) is 0.486. The summed E-state index contributed by atoms with van der Waals surface area (Å²) in [5.74, 6) is 5.19. The van der Waals surface area contributed by atoms with E-state index in [0.717, 1.165) is 0 Å². The standard InChI is InChI=1S/C26H28F4N6O2S/c1-31-25(37)16-9-10-22(38-3)20(14-16)32-12-5-6-19-24(39-26(28,29)30)21-7-4-8-23(36(21)34-19)33-18-11-13-35(2)15-17(18)27/h4,7-10,14,17-18,32-33H,11-13,15H2,1-3H3,(H,31,37)/t17-,18+/m0/s1/i3D3. The molecule has 0 aliphatic carbocycles. The molecule has 1 aliphatic heterocycles. The van der Waals surface area contributed by atoms with Crippen molar-refractivity contribution in [2.75, 3.05) is 51.4 Å². The minimum atomic E-state index is -4.62. The molecule has 0 radical (unpaired) electrons. The normalized spacial score (nSPS) is 19.3. The highest BCUT2D eigenvalue weighted by molar-refractivity contribution is 8.00. The van der Waals surface area contributed by atoms with Crippen molar-refractivity contribution in [3.8, 4) is 17.6 Å². The Morgan fingerprint density at radius 3 is 2.87 bits per heavy atom. The highest BCUT2D eigenvalue weighted by atomic mass is 32.2. The minimum absolute atomic E-state index is 0.0683. The SMILES string of the molecule is [2H]C([2H])([2H])Oc1ccc(C(=O)NC)cc1NCC#Cc1nn2c(N[C@@H]3CCN(C)C[C@@H]3F)cccc2c1SC(F)(F)F. The number of pyridine rings is 1. The fourth-order valence-electron chi connectivity index (χ4n) is 4.17. The number of halogens is 4. The van der Waals surface area contributed by atoms with Crippen molar-refractivity contribution < 1.29 is 31.2 Å². The molecule has 1 amide bonds. The Bertz CT molecular complexity index is 1510. The van der Waals surface area contributed by atoms with Crippen molar-refractivity contribution in [1.29, 1.82) is 0 Å². The van der Waals surface area contributed by atoms with E-state index in [9.17, 15) is 22.4 Å². The van der Waals surface area contributed by atoms with Crippen molar-refractivity contribution in [2.45, 2.75) is 29.0 Å². The molecule has 208 valence electrons. The molecule has 39 heavy (non-hydrogen) atoms. The third kappa shape index (κ3) is 6.88. The van der Waals surface area contributed by atoms with Crippen LogP contribution in [0.25, 0.3) is 5.52 Å². The second-order valence-electron chi connectivity index (χ2n) is 8.80. The van der Waals surface area contributed by atoms with Crippen LogP contribution in [0, 0.1) is 11.8 Å². The Balaban J connectivity index is 1.63. The van der Waals surface area contributed by atoms with Crippen LogP contribution in [0.3, 0.4) is 0 Å². The number of ether oxygens (including phenoxy) is 1. The van der Waals surface area contributed by atoms with Gasteiger partial charge in [-0.3, -0.25) is 4.79 Å². The van der Waals surface area contributed by atoms with Crippen LogP contribution in [-0.2, 0) is 0 Å². The molecule has 2 atom stereocenters. The Hall–Kier alpha value is -3.63. The lowest BCUT2D eigenvalue weighted by Crippen LogP contribution is -2.46. The zero-order chi connectivity index (χ0) is 30.7. The lowest BCUT2D eigenvalue weighted by molar-refractivity contribution is -0.0327. The smallest absolute Gasteiger partial charge is 0.446 e. The van der Waals surface area contributed by atoms with Gasteiger partial charge in [-0.1, -0.05) is 12.0 Å². The molecule has 1 aromatic carbocycles.